The van der Waals surface area contributed by atoms with E-state index in [0.29, 0.717) is 23.8 Å². The van der Waals surface area contributed by atoms with E-state index in [4.69, 9.17) is 0 Å². The fourth-order valence-electron chi connectivity index (χ4n) is 2.37. The maximum atomic E-state index is 11.7. The summed E-state index contributed by atoms with van der Waals surface area (Å²) in [5.41, 5.74) is 0.294. The zero-order valence-corrected chi connectivity index (χ0v) is 11.8. The maximum Gasteiger partial charge on any atom is 0.220 e. The molecule has 17 heavy (non-hydrogen) atoms. The van der Waals surface area contributed by atoms with Crippen LogP contribution in [0.3, 0.4) is 0 Å². The summed E-state index contributed by atoms with van der Waals surface area (Å²) in [5.74, 6) is 0.685. The molecule has 0 aromatic carbocycles. The van der Waals surface area contributed by atoms with Gasteiger partial charge in [0, 0.05) is 19.0 Å². The highest BCUT2D eigenvalue weighted by atomic mass is 16.1. The Hall–Kier alpha value is -0.570. The van der Waals surface area contributed by atoms with Gasteiger partial charge >= 0.3 is 0 Å². The first-order valence-corrected chi connectivity index (χ1v) is 6.95. The van der Waals surface area contributed by atoms with E-state index in [1.54, 1.807) is 0 Å². The zero-order valence-electron chi connectivity index (χ0n) is 11.8. The lowest BCUT2D eigenvalue weighted by atomic mass is 9.77. The number of hydrogen-bond donors (Lipinski definition) is 2. The van der Waals surface area contributed by atoms with Gasteiger partial charge in [-0.3, -0.25) is 4.79 Å². The minimum Gasteiger partial charge on any atom is -0.355 e. The molecule has 1 fully saturated rings. The molecule has 2 N–H and O–H groups in total. The molecule has 0 aromatic heterocycles. The first-order chi connectivity index (χ1) is 7.95. The summed E-state index contributed by atoms with van der Waals surface area (Å²) in [6, 6.07) is 0.414. The molecule has 0 aliphatic carbocycles. The van der Waals surface area contributed by atoms with Crippen molar-refractivity contribution in [2.75, 3.05) is 13.1 Å². The third-order valence-electron chi connectivity index (χ3n) is 4.07. The van der Waals surface area contributed by atoms with Crippen LogP contribution in [0.25, 0.3) is 0 Å². The Labute approximate surface area is 106 Å². The van der Waals surface area contributed by atoms with Gasteiger partial charge in [-0.25, -0.2) is 0 Å². The fourth-order valence-corrected chi connectivity index (χ4v) is 2.37. The molecule has 3 heteroatoms. The molecule has 1 heterocycles. The lowest BCUT2D eigenvalue weighted by Crippen LogP contribution is -2.52. The van der Waals surface area contributed by atoms with Crippen LogP contribution < -0.4 is 10.6 Å². The summed E-state index contributed by atoms with van der Waals surface area (Å²) in [6.45, 7) is 10.7. The van der Waals surface area contributed by atoms with Gasteiger partial charge in [-0.15, -0.1) is 0 Å². The Morgan fingerprint density at radius 1 is 1.53 bits per heavy atom. The molecule has 1 rings (SSSR count). The lowest BCUT2D eigenvalue weighted by Gasteiger charge is -2.39. The Morgan fingerprint density at radius 2 is 2.24 bits per heavy atom. The minimum atomic E-state index is 0.197. The second kappa shape index (κ2) is 6.39. The van der Waals surface area contributed by atoms with Crippen molar-refractivity contribution in [2.45, 2.75) is 59.4 Å². The second-order valence-electron chi connectivity index (χ2n) is 6.12. The highest BCUT2D eigenvalue weighted by Crippen LogP contribution is 2.29. The maximum absolute atomic E-state index is 11.7. The summed E-state index contributed by atoms with van der Waals surface area (Å²) < 4.78 is 0. The number of carbonyl (C=O) groups excluding carboxylic acids is 1. The van der Waals surface area contributed by atoms with E-state index in [-0.39, 0.29) is 5.91 Å². The van der Waals surface area contributed by atoms with Crippen LogP contribution in [-0.2, 0) is 4.79 Å². The fraction of sp³-hybridized carbons (Fsp3) is 0.929. The van der Waals surface area contributed by atoms with E-state index in [1.165, 1.54) is 12.8 Å². The Kier molecular flexibility index (Phi) is 5.44. The summed E-state index contributed by atoms with van der Waals surface area (Å²) >= 11 is 0. The van der Waals surface area contributed by atoms with Crippen molar-refractivity contribution in [3.05, 3.63) is 0 Å². The molecule has 1 saturated heterocycles. The van der Waals surface area contributed by atoms with Crippen molar-refractivity contribution < 1.29 is 4.79 Å². The molecule has 2 unspecified atom stereocenters. The molecule has 0 bridgehead atoms. The molecule has 0 spiro atoms. The van der Waals surface area contributed by atoms with Crippen LogP contribution in [0.1, 0.15) is 53.4 Å². The van der Waals surface area contributed by atoms with Crippen molar-refractivity contribution >= 4 is 5.91 Å². The van der Waals surface area contributed by atoms with Crippen LogP contribution in [0.2, 0.25) is 0 Å². The summed E-state index contributed by atoms with van der Waals surface area (Å²) in [4.78, 5) is 11.7. The van der Waals surface area contributed by atoms with Gasteiger partial charge in [0.1, 0.15) is 0 Å². The van der Waals surface area contributed by atoms with Gasteiger partial charge in [0.05, 0.1) is 0 Å². The highest BCUT2D eigenvalue weighted by Gasteiger charge is 2.31. The lowest BCUT2D eigenvalue weighted by molar-refractivity contribution is -0.122. The number of nitrogens with one attached hydrogen (secondary N) is 2. The van der Waals surface area contributed by atoms with Gasteiger partial charge in [-0.2, -0.15) is 0 Å². The number of rotatable bonds is 5. The van der Waals surface area contributed by atoms with Gasteiger partial charge in [0.2, 0.25) is 5.91 Å². The van der Waals surface area contributed by atoms with Crippen LogP contribution in [0.5, 0.6) is 0 Å². The molecule has 1 amide bonds. The smallest absolute Gasteiger partial charge is 0.220 e. The Morgan fingerprint density at radius 3 is 2.82 bits per heavy atom. The predicted molar refractivity (Wildman–Crippen MR) is 71.9 cm³/mol. The van der Waals surface area contributed by atoms with Crippen molar-refractivity contribution in [1.29, 1.82) is 0 Å². The van der Waals surface area contributed by atoms with E-state index in [1.807, 2.05) is 0 Å². The first-order valence-electron chi connectivity index (χ1n) is 6.95. The van der Waals surface area contributed by atoms with E-state index in [9.17, 15) is 4.79 Å². The number of amides is 1. The summed E-state index contributed by atoms with van der Waals surface area (Å²) in [5, 5.41) is 6.59. The zero-order chi connectivity index (χ0) is 12.9. The molecule has 100 valence electrons. The van der Waals surface area contributed by atoms with E-state index in [0.717, 1.165) is 19.5 Å². The van der Waals surface area contributed by atoms with Gasteiger partial charge in [0.15, 0.2) is 0 Å². The Bertz CT molecular complexity index is 251. The van der Waals surface area contributed by atoms with E-state index < -0.39 is 0 Å². The molecule has 1 aliphatic heterocycles. The highest BCUT2D eigenvalue weighted by molar-refractivity contribution is 5.76. The third kappa shape index (κ3) is 4.66. The molecule has 1 aliphatic rings. The summed E-state index contributed by atoms with van der Waals surface area (Å²) in [7, 11) is 0. The molecular weight excluding hydrogens is 212 g/mol. The molecule has 3 nitrogen and oxygen atoms in total. The SMILES string of the molecule is CCC(C)CC(=O)NCC1NCCCC1(C)C. The first kappa shape index (κ1) is 14.5. The average molecular weight is 240 g/mol. The standard InChI is InChI=1S/C14H28N2O/c1-5-11(2)9-13(17)16-10-12-14(3,4)7-6-8-15-12/h11-12,15H,5-10H2,1-4H3,(H,16,17). The van der Waals surface area contributed by atoms with Crippen LogP contribution >= 0.6 is 0 Å². The topological polar surface area (TPSA) is 41.1 Å². The van der Waals surface area contributed by atoms with Crippen LogP contribution in [0.4, 0.5) is 0 Å². The van der Waals surface area contributed by atoms with Crippen LogP contribution in [-0.4, -0.2) is 25.0 Å². The minimum absolute atomic E-state index is 0.197. The molecular formula is C14H28N2O. The molecule has 0 aromatic rings. The van der Waals surface area contributed by atoms with Gasteiger partial charge in [-0.1, -0.05) is 34.1 Å². The number of carbonyl (C=O) groups is 1. The number of hydrogen-bond acceptors (Lipinski definition) is 2. The van der Waals surface area contributed by atoms with E-state index in [2.05, 4.69) is 38.3 Å². The normalized spacial score (nSPS) is 25.3. The molecule has 2 atom stereocenters. The molecule has 0 radical (unpaired) electrons. The third-order valence-corrected chi connectivity index (χ3v) is 4.07. The average Bonchev–Trinajstić information content (AvgIpc) is 2.26. The van der Waals surface area contributed by atoms with Crippen LogP contribution in [0.15, 0.2) is 0 Å². The van der Waals surface area contributed by atoms with Crippen molar-refractivity contribution in [1.82, 2.24) is 10.6 Å². The molecule has 0 saturated carbocycles. The second-order valence-corrected chi connectivity index (χ2v) is 6.12. The quantitative estimate of drug-likeness (QED) is 0.774. The van der Waals surface area contributed by atoms with Crippen molar-refractivity contribution in [3.8, 4) is 0 Å². The largest absolute Gasteiger partial charge is 0.355 e. The van der Waals surface area contributed by atoms with Crippen molar-refractivity contribution in [2.24, 2.45) is 11.3 Å². The van der Waals surface area contributed by atoms with Gasteiger partial charge in [0.25, 0.3) is 0 Å². The van der Waals surface area contributed by atoms with Crippen molar-refractivity contribution in [3.63, 3.8) is 0 Å². The predicted octanol–water partition coefficient (Wildman–Crippen LogP) is 2.32. The summed E-state index contributed by atoms with van der Waals surface area (Å²) in [6.07, 6.45) is 4.21. The van der Waals surface area contributed by atoms with Crippen LogP contribution in [0, 0.1) is 11.3 Å². The monoisotopic (exact) mass is 240 g/mol. The Balaban J connectivity index is 2.31. The van der Waals surface area contributed by atoms with Gasteiger partial charge < -0.3 is 10.6 Å². The van der Waals surface area contributed by atoms with Gasteiger partial charge in [-0.05, 0) is 30.7 Å². The number of piperidine rings is 1. The van der Waals surface area contributed by atoms with E-state index >= 15 is 0 Å².